The molecule has 7 heteroatoms. The molecule has 6 nitrogen and oxygen atoms in total. The summed E-state index contributed by atoms with van der Waals surface area (Å²) in [4.78, 5) is 37.5. The van der Waals surface area contributed by atoms with Crippen molar-refractivity contribution >= 4 is 17.9 Å². The second-order valence-electron chi connectivity index (χ2n) is 5.07. The minimum absolute atomic E-state index is 0.113. The van der Waals surface area contributed by atoms with Crippen LogP contribution in [0.25, 0.3) is 0 Å². The van der Waals surface area contributed by atoms with E-state index in [9.17, 15) is 18.8 Å². The number of rotatable bonds is 3. The van der Waals surface area contributed by atoms with E-state index in [0.717, 1.165) is 10.5 Å². The Morgan fingerprint density at radius 1 is 1.24 bits per heavy atom. The van der Waals surface area contributed by atoms with Crippen molar-refractivity contribution in [3.05, 3.63) is 35.6 Å². The molecular formula is C14H13FN2O4. The number of imide groups is 1. The lowest BCUT2D eigenvalue weighted by Crippen LogP contribution is -2.62. The van der Waals surface area contributed by atoms with Gasteiger partial charge in [0.15, 0.2) is 6.61 Å². The maximum Gasteiger partial charge on any atom is 0.417 e. The van der Waals surface area contributed by atoms with E-state index in [0.29, 0.717) is 13.1 Å². The van der Waals surface area contributed by atoms with Gasteiger partial charge in [-0.15, -0.1) is 0 Å². The van der Waals surface area contributed by atoms with Crippen molar-refractivity contribution in [1.82, 2.24) is 9.80 Å². The Kier molecular flexibility index (Phi) is 3.32. The molecule has 2 saturated heterocycles. The van der Waals surface area contributed by atoms with Crippen molar-refractivity contribution in [2.75, 3.05) is 19.7 Å². The molecule has 2 aliphatic heterocycles. The highest BCUT2D eigenvalue weighted by Crippen LogP contribution is 2.20. The molecule has 110 valence electrons. The van der Waals surface area contributed by atoms with Crippen LogP contribution in [0.15, 0.2) is 24.3 Å². The molecule has 0 atom stereocenters. The van der Waals surface area contributed by atoms with Crippen molar-refractivity contribution < 1.29 is 23.5 Å². The molecular weight excluding hydrogens is 279 g/mol. The Balaban J connectivity index is 1.54. The van der Waals surface area contributed by atoms with Crippen molar-refractivity contribution in [2.24, 2.45) is 0 Å². The van der Waals surface area contributed by atoms with E-state index < -0.39 is 6.09 Å². The normalized spacial score (nSPS) is 18.7. The summed E-state index contributed by atoms with van der Waals surface area (Å²) >= 11 is 0. The highest BCUT2D eigenvalue weighted by Gasteiger charge is 2.44. The quantitative estimate of drug-likeness (QED) is 0.816. The Bertz CT molecular complexity index is 579. The minimum atomic E-state index is -0.643. The fraction of sp³-hybridized carbons (Fsp3) is 0.357. The van der Waals surface area contributed by atoms with Crippen LogP contribution < -0.4 is 0 Å². The van der Waals surface area contributed by atoms with E-state index in [1.54, 1.807) is 17.0 Å². The zero-order chi connectivity index (χ0) is 15.0. The van der Waals surface area contributed by atoms with Gasteiger partial charge in [0.05, 0.1) is 12.5 Å². The highest BCUT2D eigenvalue weighted by molar-refractivity contribution is 5.98. The average molecular weight is 292 g/mol. The SMILES string of the molecule is O=C(Cc1ccc(F)cc1)N1CC(N2C(=O)COC2=O)C1. The lowest BCUT2D eigenvalue weighted by atomic mass is 10.0. The van der Waals surface area contributed by atoms with Gasteiger partial charge in [-0.05, 0) is 17.7 Å². The third-order valence-corrected chi connectivity index (χ3v) is 3.63. The highest BCUT2D eigenvalue weighted by atomic mass is 19.1. The molecule has 0 unspecified atom stereocenters. The molecule has 2 heterocycles. The van der Waals surface area contributed by atoms with Crippen LogP contribution in [0.2, 0.25) is 0 Å². The van der Waals surface area contributed by atoms with Gasteiger partial charge in [-0.25, -0.2) is 14.1 Å². The smallest absolute Gasteiger partial charge is 0.417 e. The molecule has 0 saturated carbocycles. The zero-order valence-electron chi connectivity index (χ0n) is 11.1. The number of amides is 3. The van der Waals surface area contributed by atoms with Gasteiger partial charge in [0.2, 0.25) is 5.91 Å². The van der Waals surface area contributed by atoms with Gasteiger partial charge in [-0.2, -0.15) is 0 Å². The van der Waals surface area contributed by atoms with Crippen LogP contribution in [0.3, 0.4) is 0 Å². The molecule has 1 aromatic rings. The molecule has 2 aliphatic rings. The van der Waals surface area contributed by atoms with Crippen LogP contribution in [-0.2, 0) is 20.7 Å². The van der Waals surface area contributed by atoms with Crippen molar-refractivity contribution in [1.29, 1.82) is 0 Å². The minimum Gasteiger partial charge on any atom is -0.439 e. The van der Waals surface area contributed by atoms with Crippen LogP contribution in [-0.4, -0.2) is 53.4 Å². The number of likely N-dealkylation sites (tertiary alicyclic amines) is 1. The molecule has 3 rings (SSSR count). The maximum atomic E-state index is 12.8. The summed E-state index contributed by atoms with van der Waals surface area (Å²) in [7, 11) is 0. The van der Waals surface area contributed by atoms with Crippen molar-refractivity contribution in [2.45, 2.75) is 12.5 Å². The number of hydrogen-bond donors (Lipinski definition) is 0. The number of benzene rings is 1. The summed E-state index contributed by atoms with van der Waals surface area (Å²) in [5.41, 5.74) is 0.724. The first-order valence-electron chi connectivity index (χ1n) is 6.55. The Labute approximate surface area is 120 Å². The summed E-state index contributed by atoms with van der Waals surface area (Å²) in [6.45, 7) is 0.417. The van der Waals surface area contributed by atoms with Gasteiger partial charge in [0.25, 0.3) is 5.91 Å². The molecule has 0 aliphatic carbocycles. The van der Waals surface area contributed by atoms with Gasteiger partial charge in [0.1, 0.15) is 5.82 Å². The lowest BCUT2D eigenvalue weighted by Gasteiger charge is -2.42. The van der Waals surface area contributed by atoms with Crippen LogP contribution >= 0.6 is 0 Å². The second-order valence-corrected chi connectivity index (χ2v) is 5.07. The summed E-state index contributed by atoms with van der Waals surface area (Å²) in [6, 6.07) is 5.43. The Morgan fingerprint density at radius 2 is 1.90 bits per heavy atom. The first-order valence-corrected chi connectivity index (χ1v) is 6.55. The van der Waals surface area contributed by atoms with E-state index in [4.69, 9.17) is 0 Å². The first kappa shape index (κ1) is 13.5. The fourth-order valence-corrected chi connectivity index (χ4v) is 2.43. The molecule has 21 heavy (non-hydrogen) atoms. The standard InChI is InChI=1S/C14H13FN2O4/c15-10-3-1-9(2-4-10)5-12(18)16-6-11(7-16)17-13(19)8-21-14(17)20/h1-4,11H,5-8H2. The molecule has 3 amide bonds. The fourth-order valence-electron chi connectivity index (χ4n) is 2.43. The lowest BCUT2D eigenvalue weighted by molar-refractivity contribution is -0.141. The van der Waals surface area contributed by atoms with Gasteiger partial charge in [-0.1, -0.05) is 12.1 Å². The summed E-state index contributed by atoms with van der Waals surface area (Å²) in [5.74, 6) is -0.824. The average Bonchev–Trinajstić information content (AvgIpc) is 2.72. The number of ether oxygens (including phenoxy) is 1. The van der Waals surface area contributed by atoms with E-state index in [-0.39, 0.29) is 36.7 Å². The van der Waals surface area contributed by atoms with Crippen LogP contribution in [0.4, 0.5) is 9.18 Å². The molecule has 0 N–H and O–H groups in total. The largest absolute Gasteiger partial charge is 0.439 e. The molecule has 0 bridgehead atoms. The van der Waals surface area contributed by atoms with Gasteiger partial charge in [0, 0.05) is 13.1 Å². The van der Waals surface area contributed by atoms with Crippen molar-refractivity contribution in [3.8, 4) is 0 Å². The third-order valence-electron chi connectivity index (χ3n) is 3.63. The predicted octanol–water partition coefficient (Wildman–Crippen LogP) is 0.558. The molecule has 1 aromatic carbocycles. The van der Waals surface area contributed by atoms with Gasteiger partial charge < -0.3 is 9.64 Å². The van der Waals surface area contributed by atoms with Crippen molar-refractivity contribution in [3.63, 3.8) is 0 Å². The number of halogens is 1. The predicted molar refractivity (Wildman–Crippen MR) is 68.7 cm³/mol. The van der Waals surface area contributed by atoms with Gasteiger partial charge >= 0.3 is 6.09 Å². The Morgan fingerprint density at radius 3 is 2.48 bits per heavy atom. The molecule has 0 aromatic heterocycles. The molecule has 0 radical (unpaired) electrons. The number of carbonyl (C=O) groups is 3. The summed E-state index contributed by atoms with van der Waals surface area (Å²) in [6.07, 6.45) is -0.471. The zero-order valence-corrected chi connectivity index (χ0v) is 11.1. The Hall–Kier alpha value is -2.44. The first-order chi connectivity index (χ1) is 10.0. The van der Waals surface area contributed by atoms with E-state index >= 15 is 0 Å². The maximum absolute atomic E-state index is 12.8. The number of hydrogen-bond acceptors (Lipinski definition) is 4. The monoisotopic (exact) mass is 292 g/mol. The summed E-state index contributed by atoms with van der Waals surface area (Å²) < 4.78 is 17.4. The molecule has 0 spiro atoms. The van der Waals surface area contributed by atoms with E-state index in [1.807, 2.05) is 0 Å². The van der Waals surface area contributed by atoms with Crippen LogP contribution in [0.1, 0.15) is 5.56 Å². The van der Waals surface area contributed by atoms with Crippen LogP contribution in [0, 0.1) is 5.82 Å². The van der Waals surface area contributed by atoms with Crippen LogP contribution in [0.5, 0.6) is 0 Å². The molecule has 2 fully saturated rings. The summed E-state index contributed by atoms with van der Waals surface area (Å²) in [5, 5.41) is 0. The second kappa shape index (κ2) is 5.16. The number of cyclic esters (lactones) is 1. The third kappa shape index (κ3) is 2.58. The van der Waals surface area contributed by atoms with Gasteiger partial charge in [-0.3, -0.25) is 9.59 Å². The number of carbonyl (C=O) groups excluding carboxylic acids is 3. The topological polar surface area (TPSA) is 66.9 Å². The van der Waals surface area contributed by atoms with E-state index in [2.05, 4.69) is 4.74 Å². The number of nitrogens with zero attached hydrogens (tertiary/aromatic N) is 2. The van der Waals surface area contributed by atoms with E-state index in [1.165, 1.54) is 12.1 Å².